The normalized spacial score (nSPS) is 11.3. The molecule has 4 heteroatoms. The number of nitrogens with zero attached hydrogens (tertiary/aromatic N) is 1. The molecule has 0 saturated heterocycles. The van der Waals surface area contributed by atoms with E-state index in [2.05, 4.69) is 39.9 Å². The van der Waals surface area contributed by atoms with Crippen LogP contribution in [0.3, 0.4) is 0 Å². The van der Waals surface area contributed by atoms with Crippen LogP contribution >= 0.6 is 0 Å². The Labute approximate surface area is 109 Å². The van der Waals surface area contributed by atoms with E-state index < -0.39 is 0 Å². The van der Waals surface area contributed by atoms with Gasteiger partial charge in [-0.25, -0.2) is 0 Å². The molecular formula is C14H23N3O. The van der Waals surface area contributed by atoms with Crippen LogP contribution in [-0.4, -0.2) is 39.8 Å². The summed E-state index contributed by atoms with van der Waals surface area (Å²) in [6, 6.07) is 10.4. The Hall–Kier alpha value is -1.55. The zero-order valence-electron chi connectivity index (χ0n) is 11.3. The molecule has 0 heterocycles. The molecule has 0 fully saturated rings. The summed E-state index contributed by atoms with van der Waals surface area (Å²) in [4.78, 5) is 4.03. The van der Waals surface area contributed by atoms with Gasteiger partial charge in [0, 0.05) is 27.2 Å². The van der Waals surface area contributed by atoms with Crippen LogP contribution in [0.15, 0.2) is 35.3 Å². The van der Waals surface area contributed by atoms with Crippen molar-refractivity contribution in [2.75, 3.05) is 33.9 Å². The predicted octanol–water partition coefficient (Wildman–Crippen LogP) is 1.43. The SMILES string of the molecule is CN=C(NC)NCCCOCCc1ccccc1. The zero-order chi connectivity index (χ0) is 13.1. The van der Waals surface area contributed by atoms with Crippen molar-refractivity contribution in [3.05, 3.63) is 35.9 Å². The summed E-state index contributed by atoms with van der Waals surface area (Å²) in [6.07, 6.45) is 1.96. The Morgan fingerprint density at radius 1 is 1.22 bits per heavy atom. The van der Waals surface area contributed by atoms with Crippen molar-refractivity contribution >= 4 is 5.96 Å². The summed E-state index contributed by atoms with van der Waals surface area (Å²) in [6.45, 7) is 2.43. The largest absolute Gasteiger partial charge is 0.381 e. The summed E-state index contributed by atoms with van der Waals surface area (Å²) < 4.78 is 5.59. The third-order valence-corrected chi connectivity index (χ3v) is 2.60. The van der Waals surface area contributed by atoms with Crippen LogP contribution in [0.4, 0.5) is 0 Å². The van der Waals surface area contributed by atoms with E-state index in [-0.39, 0.29) is 0 Å². The maximum atomic E-state index is 5.59. The van der Waals surface area contributed by atoms with Crippen molar-refractivity contribution in [3.63, 3.8) is 0 Å². The lowest BCUT2D eigenvalue weighted by molar-refractivity contribution is 0.135. The monoisotopic (exact) mass is 249 g/mol. The summed E-state index contributed by atoms with van der Waals surface area (Å²) in [7, 11) is 3.61. The van der Waals surface area contributed by atoms with Gasteiger partial charge in [0.15, 0.2) is 5.96 Å². The first-order valence-electron chi connectivity index (χ1n) is 6.37. The van der Waals surface area contributed by atoms with E-state index in [1.54, 1.807) is 7.05 Å². The van der Waals surface area contributed by atoms with Gasteiger partial charge in [-0.2, -0.15) is 0 Å². The van der Waals surface area contributed by atoms with E-state index in [9.17, 15) is 0 Å². The standard InChI is InChI=1S/C14H23N3O/c1-15-14(16-2)17-10-6-11-18-12-9-13-7-4-3-5-8-13/h3-5,7-8H,6,9-12H2,1-2H3,(H2,15,16,17). The number of guanidine groups is 1. The first-order chi connectivity index (χ1) is 8.86. The van der Waals surface area contributed by atoms with Gasteiger partial charge in [0.1, 0.15) is 0 Å². The van der Waals surface area contributed by atoms with Crippen molar-refractivity contribution in [2.45, 2.75) is 12.8 Å². The fourth-order valence-electron chi connectivity index (χ4n) is 1.60. The molecule has 0 saturated carbocycles. The fraction of sp³-hybridized carbons (Fsp3) is 0.500. The maximum absolute atomic E-state index is 5.59. The molecule has 18 heavy (non-hydrogen) atoms. The average Bonchev–Trinajstić information content (AvgIpc) is 2.43. The van der Waals surface area contributed by atoms with E-state index in [0.717, 1.165) is 38.6 Å². The lowest BCUT2D eigenvalue weighted by Gasteiger charge is -2.08. The topological polar surface area (TPSA) is 45.7 Å². The quantitative estimate of drug-likeness (QED) is 0.436. The van der Waals surface area contributed by atoms with E-state index in [1.165, 1.54) is 5.56 Å². The van der Waals surface area contributed by atoms with Crippen LogP contribution in [0.1, 0.15) is 12.0 Å². The second kappa shape index (κ2) is 9.48. The minimum absolute atomic E-state index is 0.778. The second-order valence-corrected chi connectivity index (χ2v) is 3.95. The van der Waals surface area contributed by atoms with Gasteiger partial charge in [0.05, 0.1) is 6.61 Å². The Morgan fingerprint density at radius 3 is 2.67 bits per heavy atom. The Morgan fingerprint density at radius 2 is 2.00 bits per heavy atom. The van der Waals surface area contributed by atoms with Gasteiger partial charge >= 0.3 is 0 Å². The third kappa shape index (κ3) is 6.25. The molecule has 0 aliphatic carbocycles. The van der Waals surface area contributed by atoms with Crippen molar-refractivity contribution in [2.24, 2.45) is 4.99 Å². The molecule has 0 amide bonds. The average molecular weight is 249 g/mol. The number of hydrogen-bond donors (Lipinski definition) is 2. The van der Waals surface area contributed by atoms with Crippen LogP contribution in [0.5, 0.6) is 0 Å². The molecular weight excluding hydrogens is 226 g/mol. The lowest BCUT2D eigenvalue weighted by Crippen LogP contribution is -2.35. The van der Waals surface area contributed by atoms with Crippen LogP contribution in [-0.2, 0) is 11.2 Å². The molecule has 0 aliphatic rings. The summed E-state index contributed by atoms with van der Waals surface area (Å²) in [5.41, 5.74) is 1.33. The highest BCUT2D eigenvalue weighted by atomic mass is 16.5. The van der Waals surface area contributed by atoms with Crippen LogP contribution < -0.4 is 10.6 Å². The smallest absolute Gasteiger partial charge is 0.190 e. The number of hydrogen-bond acceptors (Lipinski definition) is 2. The number of nitrogens with one attached hydrogen (secondary N) is 2. The third-order valence-electron chi connectivity index (χ3n) is 2.60. The molecule has 1 aromatic carbocycles. The molecule has 100 valence electrons. The maximum Gasteiger partial charge on any atom is 0.190 e. The van der Waals surface area contributed by atoms with Crippen LogP contribution in [0.25, 0.3) is 0 Å². The Bertz CT molecular complexity index is 338. The van der Waals surface area contributed by atoms with Gasteiger partial charge < -0.3 is 15.4 Å². The first kappa shape index (κ1) is 14.5. The first-order valence-corrected chi connectivity index (χ1v) is 6.37. The zero-order valence-corrected chi connectivity index (χ0v) is 11.3. The number of rotatable bonds is 7. The molecule has 0 radical (unpaired) electrons. The predicted molar refractivity (Wildman–Crippen MR) is 76.0 cm³/mol. The molecule has 0 aromatic heterocycles. The van der Waals surface area contributed by atoms with Crippen LogP contribution in [0, 0.1) is 0 Å². The van der Waals surface area contributed by atoms with Crippen molar-refractivity contribution in [1.29, 1.82) is 0 Å². The number of aliphatic imine (C=N–C) groups is 1. The van der Waals surface area contributed by atoms with Gasteiger partial charge in [-0.05, 0) is 18.4 Å². The number of ether oxygens (including phenoxy) is 1. The van der Waals surface area contributed by atoms with E-state index >= 15 is 0 Å². The van der Waals surface area contributed by atoms with Gasteiger partial charge in [0.25, 0.3) is 0 Å². The minimum Gasteiger partial charge on any atom is -0.381 e. The molecule has 1 rings (SSSR count). The molecule has 0 atom stereocenters. The molecule has 0 unspecified atom stereocenters. The molecule has 0 bridgehead atoms. The van der Waals surface area contributed by atoms with Gasteiger partial charge in [-0.15, -0.1) is 0 Å². The van der Waals surface area contributed by atoms with E-state index in [1.807, 2.05) is 13.1 Å². The lowest BCUT2D eigenvalue weighted by atomic mass is 10.2. The second-order valence-electron chi connectivity index (χ2n) is 3.95. The summed E-state index contributed by atoms with van der Waals surface area (Å²) in [5, 5.41) is 6.16. The Kier molecular flexibility index (Phi) is 7.64. The van der Waals surface area contributed by atoms with Crippen molar-refractivity contribution < 1.29 is 4.74 Å². The minimum atomic E-state index is 0.778. The van der Waals surface area contributed by atoms with Gasteiger partial charge in [0.2, 0.25) is 0 Å². The highest BCUT2D eigenvalue weighted by Crippen LogP contribution is 1.99. The van der Waals surface area contributed by atoms with Gasteiger partial charge in [-0.1, -0.05) is 30.3 Å². The van der Waals surface area contributed by atoms with Crippen molar-refractivity contribution in [3.8, 4) is 0 Å². The molecule has 2 N–H and O–H groups in total. The van der Waals surface area contributed by atoms with Gasteiger partial charge in [-0.3, -0.25) is 4.99 Å². The van der Waals surface area contributed by atoms with Crippen LogP contribution in [0.2, 0.25) is 0 Å². The molecule has 1 aromatic rings. The van der Waals surface area contributed by atoms with E-state index in [0.29, 0.717) is 0 Å². The molecule has 0 aliphatic heterocycles. The Balaban J connectivity index is 1.96. The highest BCUT2D eigenvalue weighted by Gasteiger charge is 1.94. The fourth-order valence-corrected chi connectivity index (χ4v) is 1.60. The summed E-state index contributed by atoms with van der Waals surface area (Å²) in [5.74, 6) is 0.819. The van der Waals surface area contributed by atoms with Crippen molar-refractivity contribution in [1.82, 2.24) is 10.6 Å². The number of benzene rings is 1. The summed E-state index contributed by atoms with van der Waals surface area (Å²) >= 11 is 0. The highest BCUT2D eigenvalue weighted by molar-refractivity contribution is 5.79. The molecule has 0 spiro atoms. The van der Waals surface area contributed by atoms with E-state index in [4.69, 9.17) is 4.74 Å². The molecule has 4 nitrogen and oxygen atoms in total.